The molecule has 0 bridgehead atoms. The van der Waals surface area contributed by atoms with Crippen LogP contribution in [0.5, 0.6) is 0 Å². The summed E-state index contributed by atoms with van der Waals surface area (Å²) in [6.07, 6.45) is 4.83. The van der Waals surface area contributed by atoms with Crippen LogP contribution in [-0.2, 0) is 5.54 Å². The number of Topliss-reactive ketones (excluding diaryl/α,β-unsaturated/α-hetero) is 1. The summed E-state index contributed by atoms with van der Waals surface area (Å²) in [7, 11) is 3.62. The number of likely N-dealkylation sites (N-methyl/N-ethyl adjacent to an activating group) is 1. The molecule has 0 amide bonds. The van der Waals surface area contributed by atoms with E-state index in [2.05, 4.69) is 12.1 Å². The lowest BCUT2D eigenvalue weighted by atomic mass is 9.85. The number of nitriles is 2. The van der Waals surface area contributed by atoms with E-state index in [0.717, 1.165) is 5.57 Å². The van der Waals surface area contributed by atoms with E-state index in [4.69, 9.17) is 8.83 Å². The van der Waals surface area contributed by atoms with E-state index in [9.17, 15) is 15.3 Å². The van der Waals surface area contributed by atoms with Crippen LogP contribution in [-0.4, -0.2) is 40.8 Å². The van der Waals surface area contributed by atoms with Gasteiger partial charge in [0, 0.05) is 25.2 Å². The second-order valence-electron chi connectivity index (χ2n) is 8.30. The Morgan fingerprint density at radius 3 is 2.23 bits per heavy atom. The summed E-state index contributed by atoms with van der Waals surface area (Å²) in [5, 5.41) is 20.6. The minimum atomic E-state index is -1.62. The molecule has 2 aliphatic rings. The molecule has 1 unspecified atom stereocenters. The van der Waals surface area contributed by atoms with Gasteiger partial charge in [-0.2, -0.15) is 10.5 Å². The molecule has 1 atom stereocenters. The molecule has 0 spiro atoms. The zero-order valence-corrected chi connectivity index (χ0v) is 17.6. The molecule has 0 aromatic carbocycles. The van der Waals surface area contributed by atoms with Gasteiger partial charge in [0.05, 0.1) is 18.2 Å². The summed E-state index contributed by atoms with van der Waals surface area (Å²) in [6, 6.07) is 11.3. The molecule has 0 fully saturated rings. The minimum absolute atomic E-state index is 0.207. The molecular formula is C23H22N4O3. The highest BCUT2D eigenvalue weighted by Gasteiger charge is 2.70. The summed E-state index contributed by atoms with van der Waals surface area (Å²) in [5.74, 6) is 0.468. The quantitative estimate of drug-likeness (QED) is 0.721. The van der Waals surface area contributed by atoms with Crippen LogP contribution < -0.4 is 0 Å². The third-order valence-electron chi connectivity index (χ3n) is 6.19. The minimum Gasteiger partial charge on any atom is -0.467 e. The second kappa shape index (κ2) is 6.22. The fourth-order valence-electron chi connectivity index (χ4n) is 5.16. The van der Waals surface area contributed by atoms with E-state index in [0.29, 0.717) is 17.0 Å². The van der Waals surface area contributed by atoms with Gasteiger partial charge in [-0.3, -0.25) is 4.79 Å². The number of hydrogen-bond acceptors (Lipinski definition) is 7. The van der Waals surface area contributed by atoms with Gasteiger partial charge >= 0.3 is 0 Å². The number of rotatable bonds is 4. The normalized spacial score (nSPS) is 24.2. The smallest absolute Gasteiger partial charge is 0.238 e. The number of nitrogens with zero attached hydrogens (tertiary/aromatic N) is 4. The summed E-state index contributed by atoms with van der Waals surface area (Å²) in [5.41, 5.74) is -1.86. The summed E-state index contributed by atoms with van der Waals surface area (Å²) >= 11 is 0. The molecule has 0 saturated heterocycles. The van der Waals surface area contributed by atoms with E-state index < -0.39 is 16.6 Å². The third kappa shape index (κ3) is 2.13. The van der Waals surface area contributed by atoms with Crippen molar-refractivity contribution in [3.63, 3.8) is 0 Å². The Morgan fingerprint density at radius 1 is 1.10 bits per heavy atom. The predicted molar refractivity (Wildman–Crippen MR) is 108 cm³/mol. The standard InChI is InChI=1S/C23H22N4O3/c1-15-20(26(4)5)22(13-24,14-25)27-21(2,3)16(19(28)17-8-6-10-29-17)12-23(15,27)18-9-7-11-30-18/h6-12H,1-5H3. The maximum absolute atomic E-state index is 13.4. The fourth-order valence-corrected chi connectivity index (χ4v) is 5.16. The van der Waals surface area contributed by atoms with Crippen molar-refractivity contribution in [2.75, 3.05) is 14.1 Å². The Morgan fingerprint density at radius 2 is 1.73 bits per heavy atom. The summed E-state index contributed by atoms with van der Waals surface area (Å²) in [4.78, 5) is 17.0. The summed E-state index contributed by atoms with van der Waals surface area (Å²) < 4.78 is 11.2. The molecule has 2 aromatic rings. The van der Waals surface area contributed by atoms with Crippen molar-refractivity contribution in [3.8, 4) is 12.1 Å². The van der Waals surface area contributed by atoms with Gasteiger partial charge in [-0.15, -0.1) is 0 Å². The van der Waals surface area contributed by atoms with E-state index in [-0.39, 0.29) is 11.5 Å². The lowest BCUT2D eigenvalue weighted by Gasteiger charge is -2.45. The highest BCUT2D eigenvalue weighted by Crippen LogP contribution is 2.61. The van der Waals surface area contributed by atoms with Crippen molar-refractivity contribution in [1.29, 1.82) is 10.5 Å². The Labute approximate surface area is 175 Å². The predicted octanol–water partition coefficient (Wildman–Crippen LogP) is 3.61. The van der Waals surface area contributed by atoms with Gasteiger partial charge in [0.15, 0.2) is 5.76 Å². The third-order valence-corrected chi connectivity index (χ3v) is 6.19. The van der Waals surface area contributed by atoms with Crippen molar-refractivity contribution in [2.45, 2.75) is 37.4 Å². The molecule has 4 heterocycles. The maximum atomic E-state index is 13.4. The van der Waals surface area contributed by atoms with Crippen LogP contribution in [0.1, 0.15) is 37.1 Å². The molecule has 7 heteroatoms. The van der Waals surface area contributed by atoms with E-state index >= 15 is 0 Å². The van der Waals surface area contributed by atoms with Gasteiger partial charge < -0.3 is 13.7 Å². The topological polar surface area (TPSA) is 97.4 Å². The van der Waals surface area contributed by atoms with Gasteiger partial charge in [-0.25, -0.2) is 4.90 Å². The first-order valence-corrected chi connectivity index (χ1v) is 9.56. The zero-order valence-electron chi connectivity index (χ0n) is 17.6. The van der Waals surface area contributed by atoms with Crippen LogP contribution >= 0.6 is 0 Å². The Hall–Kier alpha value is -3.55. The molecule has 30 heavy (non-hydrogen) atoms. The van der Waals surface area contributed by atoms with Gasteiger partial charge in [-0.05, 0) is 56.7 Å². The number of carbonyl (C=O) groups excluding carboxylic acids is 1. The van der Waals surface area contributed by atoms with Crippen LogP contribution in [0.3, 0.4) is 0 Å². The maximum Gasteiger partial charge on any atom is 0.238 e. The van der Waals surface area contributed by atoms with Crippen molar-refractivity contribution in [3.05, 3.63) is 71.2 Å². The molecule has 0 aliphatic carbocycles. The Bertz CT molecular complexity index is 1140. The van der Waals surface area contributed by atoms with Crippen LogP contribution in [0.25, 0.3) is 0 Å². The molecule has 0 saturated carbocycles. The number of fused-ring (bicyclic) bond motifs is 1. The van der Waals surface area contributed by atoms with Crippen LogP contribution in [0, 0.1) is 22.7 Å². The zero-order chi connectivity index (χ0) is 21.9. The number of hydrogen-bond donors (Lipinski definition) is 0. The van der Waals surface area contributed by atoms with E-state index in [1.54, 1.807) is 34.3 Å². The molecule has 0 radical (unpaired) electrons. The number of furan rings is 2. The largest absolute Gasteiger partial charge is 0.467 e. The molecule has 4 rings (SSSR count). The monoisotopic (exact) mass is 402 g/mol. The van der Waals surface area contributed by atoms with E-state index in [1.807, 2.05) is 47.0 Å². The van der Waals surface area contributed by atoms with Crippen LogP contribution in [0.2, 0.25) is 0 Å². The lowest BCUT2D eigenvalue weighted by Crippen LogP contribution is -2.60. The second-order valence-corrected chi connectivity index (χ2v) is 8.30. The molecule has 0 N–H and O–H groups in total. The van der Waals surface area contributed by atoms with Crippen molar-refractivity contribution in [1.82, 2.24) is 9.80 Å². The number of ketones is 1. The Kier molecular flexibility index (Phi) is 4.10. The van der Waals surface area contributed by atoms with Crippen molar-refractivity contribution < 1.29 is 13.6 Å². The first-order valence-electron chi connectivity index (χ1n) is 9.56. The first-order chi connectivity index (χ1) is 14.2. The fraction of sp³-hybridized carbons (Fsp3) is 0.348. The van der Waals surface area contributed by atoms with Gasteiger partial charge in [0.25, 0.3) is 0 Å². The lowest BCUT2D eigenvalue weighted by molar-refractivity contribution is 0.0469. The van der Waals surface area contributed by atoms with Gasteiger partial charge in [0.2, 0.25) is 11.3 Å². The molecule has 152 valence electrons. The first kappa shape index (κ1) is 19.8. The number of carbonyl (C=O) groups is 1. The highest BCUT2D eigenvalue weighted by atomic mass is 16.3. The average Bonchev–Trinajstić information content (AvgIpc) is 3.46. The van der Waals surface area contributed by atoms with Crippen LogP contribution in [0.15, 0.2) is 68.5 Å². The Balaban J connectivity index is 2.10. The molecule has 7 nitrogen and oxygen atoms in total. The van der Waals surface area contributed by atoms with Gasteiger partial charge in [-0.1, -0.05) is 0 Å². The van der Waals surface area contributed by atoms with Gasteiger partial charge in [0.1, 0.15) is 23.4 Å². The van der Waals surface area contributed by atoms with E-state index in [1.165, 1.54) is 6.26 Å². The van der Waals surface area contributed by atoms with Crippen molar-refractivity contribution >= 4 is 5.78 Å². The summed E-state index contributed by atoms with van der Waals surface area (Å²) in [6.45, 7) is 5.58. The van der Waals surface area contributed by atoms with Crippen molar-refractivity contribution in [2.24, 2.45) is 0 Å². The average molecular weight is 402 g/mol. The highest BCUT2D eigenvalue weighted by molar-refractivity contribution is 6.09. The SMILES string of the molecule is CC1=C(N(C)C)C(C#N)(C#N)N2C(C)(C)C(C(=O)c3ccco3)=CC12c1ccco1. The van der Waals surface area contributed by atoms with Crippen LogP contribution in [0.4, 0.5) is 0 Å². The molecular weight excluding hydrogens is 380 g/mol. The molecule has 2 aliphatic heterocycles. The molecule has 2 aromatic heterocycles.